The topological polar surface area (TPSA) is 77.1 Å². The first kappa shape index (κ1) is 18.9. The summed E-state index contributed by atoms with van der Waals surface area (Å²) in [5, 5.41) is 8.47. The highest BCUT2D eigenvalue weighted by Gasteiger charge is 2.18. The largest absolute Gasteiger partial charge is 0.469 e. The lowest BCUT2D eigenvalue weighted by Gasteiger charge is -2.15. The number of amides is 1. The lowest BCUT2D eigenvalue weighted by atomic mass is 10.1. The average molecular weight is 367 g/mol. The summed E-state index contributed by atoms with van der Waals surface area (Å²) in [5.41, 5.74) is 0.123. The highest BCUT2D eigenvalue weighted by Crippen LogP contribution is 2.14. The summed E-state index contributed by atoms with van der Waals surface area (Å²) in [6.07, 6.45) is 3.14. The Hall–Kier alpha value is -2.89. The van der Waals surface area contributed by atoms with E-state index < -0.39 is 0 Å². The summed E-state index contributed by atoms with van der Waals surface area (Å²) >= 11 is 0. The number of carbonyl (C=O) groups excluding carboxylic acids is 1. The van der Waals surface area contributed by atoms with Crippen molar-refractivity contribution < 1.29 is 9.21 Å². The molecule has 142 valence electrons. The van der Waals surface area contributed by atoms with E-state index in [1.165, 1.54) is 4.68 Å². The van der Waals surface area contributed by atoms with E-state index in [4.69, 9.17) is 4.42 Å². The molecule has 27 heavy (non-hydrogen) atoms. The first-order valence-corrected chi connectivity index (χ1v) is 9.28. The van der Waals surface area contributed by atoms with Crippen molar-refractivity contribution in [2.75, 3.05) is 0 Å². The Balaban J connectivity index is 1.84. The van der Waals surface area contributed by atoms with Crippen LogP contribution in [0.5, 0.6) is 0 Å². The number of carbonyl (C=O) groups is 1. The van der Waals surface area contributed by atoms with Gasteiger partial charge in [0.25, 0.3) is 11.5 Å². The molecule has 1 N–H and O–H groups in total. The molecule has 0 spiro atoms. The molecule has 3 aromatic rings. The van der Waals surface area contributed by atoms with Crippen molar-refractivity contribution in [2.24, 2.45) is 5.92 Å². The molecular formula is C21H25N3O3. The van der Waals surface area contributed by atoms with Gasteiger partial charge in [-0.05, 0) is 37.5 Å². The summed E-state index contributed by atoms with van der Waals surface area (Å²) in [6.45, 7) is 6.45. The van der Waals surface area contributed by atoms with E-state index in [9.17, 15) is 9.59 Å². The maximum atomic E-state index is 12.9. The molecule has 3 rings (SSSR count). The Bertz CT molecular complexity index is 974. The van der Waals surface area contributed by atoms with Crippen LogP contribution in [0.25, 0.3) is 10.8 Å². The molecule has 6 heteroatoms. The van der Waals surface area contributed by atoms with E-state index in [1.54, 1.807) is 24.5 Å². The van der Waals surface area contributed by atoms with Gasteiger partial charge in [0, 0.05) is 24.4 Å². The fourth-order valence-corrected chi connectivity index (χ4v) is 3.05. The van der Waals surface area contributed by atoms with Gasteiger partial charge in [-0.2, -0.15) is 5.10 Å². The molecule has 0 aliphatic heterocycles. The highest BCUT2D eigenvalue weighted by atomic mass is 16.3. The van der Waals surface area contributed by atoms with Gasteiger partial charge in [-0.15, -0.1) is 0 Å². The summed E-state index contributed by atoms with van der Waals surface area (Å²) in [4.78, 5) is 25.5. The van der Waals surface area contributed by atoms with Gasteiger partial charge in [-0.3, -0.25) is 9.59 Å². The summed E-state index contributed by atoms with van der Waals surface area (Å²) in [6, 6.07) is 10.9. The van der Waals surface area contributed by atoms with Gasteiger partial charge in [0.2, 0.25) is 0 Å². The zero-order valence-corrected chi connectivity index (χ0v) is 15.9. The highest BCUT2D eigenvalue weighted by molar-refractivity contribution is 6.04. The van der Waals surface area contributed by atoms with Crippen LogP contribution >= 0.6 is 0 Å². The molecule has 2 heterocycles. The number of rotatable bonds is 7. The number of benzene rings is 1. The summed E-state index contributed by atoms with van der Waals surface area (Å²) < 4.78 is 6.73. The van der Waals surface area contributed by atoms with Gasteiger partial charge in [0.05, 0.1) is 11.6 Å². The second-order valence-corrected chi connectivity index (χ2v) is 7.27. The smallest absolute Gasteiger partial charge is 0.274 e. The summed E-state index contributed by atoms with van der Waals surface area (Å²) in [5.74, 6) is 0.875. The quantitative estimate of drug-likeness (QED) is 0.694. The van der Waals surface area contributed by atoms with Crippen LogP contribution in [-0.2, 0) is 13.0 Å². The van der Waals surface area contributed by atoms with Crippen LogP contribution in [0.2, 0.25) is 0 Å². The predicted molar refractivity (Wildman–Crippen MR) is 105 cm³/mol. The molecule has 1 aromatic carbocycles. The Kier molecular flexibility index (Phi) is 5.74. The van der Waals surface area contributed by atoms with Crippen molar-refractivity contribution in [3.05, 3.63) is 64.5 Å². The Morgan fingerprint density at radius 3 is 2.56 bits per heavy atom. The Morgan fingerprint density at radius 2 is 1.89 bits per heavy atom. The van der Waals surface area contributed by atoms with E-state index in [-0.39, 0.29) is 29.1 Å². The number of aromatic nitrogens is 2. The number of fused-ring (bicyclic) bond motifs is 1. The summed E-state index contributed by atoms with van der Waals surface area (Å²) in [7, 11) is 0. The zero-order chi connectivity index (χ0) is 19.4. The number of furan rings is 1. The molecule has 0 radical (unpaired) electrons. The second kappa shape index (κ2) is 8.20. The minimum atomic E-state index is -0.268. The van der Waals surface area contributed by atoms with Crippen molar-refractivity contribution >= 4 is 16.7 Å². The van der Waals surface area contributed by atoms with E-state index >= 15 is 0 Å². The molecule has 0 saturated heterocycles. The number of nitrogens with zero attached hydrogens (tertiary/aromatic N) is 2. The molecule has 6 nitrogen and oxygen atoms in total. The van der Waals surface area contributed by atoms with Gasteiger partial charge in [0.1, 0.15) is 5.76 Å². The number of hydrogen-bond donors (Lipinski definition) is 1. The van der Waals surface area contributed by atoms with Crippen molar-refractivity contribution in [3.63, 3.8) is 0 Å². The van der Waals surface area contributed by atoms with Crippen LogP contribution in [0, 0.1) is 5.92 Å². The van der Waals surface area contributed by atoms with Gasteiger partial charge in [-0.1, -0.05) is 32.0 Å². The zero-order valence-electron chi connectivity index (χ0n) is 15.9. The molecule has 0 saturated carbocycles. The van der Waals surface area contributed by atoms with Crippen LogP contribution in [0.3, 0.4) is 0 Å². The molecule has 0 aliphatic carbocycles. The minimum Gasteiger partial charge on any atom is -0.469 e. The van der Waals surface area contributed by atoms with E-state index in [1.807, 2.05) is 39.0 Å². The fraction of sp³-hybridized carbons (Fsp3) is 0.381. The molecule has 1 atom stereocenters. The number of hydrogen-bond acceptors (Lipinski definition) is 4. The van der Waals surface area contributed by atoms with Crippen molar-refractivity contribution in [2.45, 2.75) is 46.2 Å². The predicted octanol–water partition coefficient (Wildman–Crippen LogP) is 3.40. The Morgan fingerprint density at radius 1 is 1.15 bits per heavy atom. The van der Waals surface area contributed by atoms with E-state index in [0.29, 0.717) is 17.3 Å². The van der Waals surface area contributed by atoms with E-state index in [0.717, 1.165) is 18.6 Å². The molecule has 0 unspecified atom stereocenters. The van der Waals surface area contributed by atoms with Crippen molar-refractivity contribution in [1.82, 2.24) is 15.1 Å². The maximum Gasteiger partial charge on any atom is 0.274 e. The first-order chi connectivity index (χ1) is 13.0. The van der Waals surface area contributed by atoms with Gasteiger partial charge < -0.3 is 9.73 Å². The van der Waals surface area contributed by atoms with Gasteiger partial charge in [-0.25, -0.2) is 4.68 Å². The third-order valence-corrected chi connectivity index (χ3v) is 4.40. The third-order valence-electron chi connectivity index (χ3n) is 4.40. The standard InChI is InChI=1S/C21H25N3O3/c1-14(2)13-24-21(26)18-9-5-4-8-17(18)19(23-24)20(25)22-15(3)10-11-16-7-6-12-27-16/h4-9,12,14-15H,10-11,13H2,1-3H3,(H,22,25)/t15-/m1/s1. The molecule has 1 amide bonds. The van der Waals surface area contributed by atoms with Crippen LogP contribution in [0.1, 0.15) is 43.4 Å². The van der Waals surface area contributed by atoms with Gasteiger partial charge in [0.15, 0.2) is 5.69 Å². The minimum absolute atomic E-state index is 0.0476. The molecule has 0 bridgehead atoms. The van der Waals surface area contributed by atoms with E-state index in [2.05, 4.69) is 10.4 Å². The van der Waals surface area contributed by atoms with Gasteiger partial charge >= 0.3 is 0 Å². The lowest BCUT2D eigenvalue weighted by molar-refractivity contribution is 0.0932. The van der Waals surface area contributed by atoms with Crippen LogP contribution in [-0.4, -0.2) is 21.7 Å². The molecule has 0 aliphatic rings. The monoisotopic (exact) mass is 367 g/mol. The SMILES string of the molecule is CC(C)Cn1nc(C(=O)N[C@H](C)CCc2ccco2)c2ccccc2c1=O. The number of aryl methyl sites for hydroxylation is 1. The fourth-order valence-electron chi connectivity index (χ4n) is 3.05. The van der Waals surface area contributed by atoms with Crippen molar-refractivity contribution in [1.29, 1.82) is 0 Å². The lowest BCUT2D eigenvalue weighted by Crippen LogP contribution is -2.36. The maximum absolute atomic E-state index is 12.9. The van der Waals surface area contributed by atoms with Crippen LogP contribution in [0.4, 0.5) is 0 Å². The number of nitrogens with one attached hydrogen (secondary N) is 1. The third kappa shape index (κ3) is 4.45. The molecule has 2 aromatic heterocycles. The van der Waals surface area contributed by atoms with Crippen molar-refractivity contribution in [3.8, 4) is 0 Å². The molecule has 0 fully saturated rings. The van der Waals surface area contributed by atoms with Crippen LogP contribution < -0.4 is 10.9 Å². The normalized spacial score (nSPS) is 12.4. The average Bonchev–Trinajstić information content (AvgIpc) is 3.15. The second-order valence-electron chi connectivity index (χ2n) is 7.27. The molecular weight excluding hydrogens is 342 g/mol. The first-order valence-electron chi connectivity index (χ1n) is 9.28. The van der Waals surface area contributed by atoms with Crippen LogP contribution in [0.15, 0.2) is 51.9 Å². The Labute approximate surface area is 158 Å².